The van der Waals surface area contributed by atoms with Crippen LogP contribution in [0.15, 0.2) is 24.3 Å². The maximum Gasteiger partial charge on any atom is 0.0681 e. The molecule has 1 rings (SSSR count). The van der Waals surface area contributed by atoms with Gasteiger partial charge in [-0.25, -0.2) is 0 Å². The molecule has 0 unspecified atom stereocenters. The number of aliphatic hydroxyl groups is 1. The molecule has 0 atom stereocenters. The molecule has 0 spiro atoms. The zero-order chi connectivity index (χ0) is 11.1. The Morgan fingerprint density at radius 3 is 2.40 bits per heavy atom. The van der Waals surface area contributed by atoms with Gasteiger partial charge in [0.25, 0.3) is 0 Å². The van der Waals surface area contributed by atoms with Crippen molar-refractivity contribution < 1.29 is 5.11 Å². The van der Waals surface area contributed by atoms with Gasteiger partial charge in [-0.05, 0) is 18.2 Å². The molecule has 0 aliphatic heterocycles. The Morgan fingerprint density at radius 1 is 1.27 bits per heavy atom. The van der Waals surface area contributed by atoms with Gasteiger partial charge in [0.2, 0.25) is 0 Å². The number of hydrogen-bond acceptors (Lipinski definition) is 3. The number of rotatable bonds is 5. The van der Waals surface area contributed by atoms with E-state index in [-0.39, 0.29) is 6.61 Å². The number of nitriles is 1. The summed E-state index contributed by atoms with van der Waals surface area (Å²) in [6.07, 6.45) is 0.561. The number of nitrogens with zero attached hydrogens (tertiary/aromatic N) is 2. The summed E-state index contributed by atoms with van der Waals surface area (Å²) in [5.41, 5.74) is 2.13. The van der Waals surface area contributed by atoms with Crippen molar-refractivity contribution in [3.63, 3.8) is 0 Å². The number of aliphatic hydroxyl groups excluding tert-OH is 1. The fourth-order valence-electron chi connectivity index (χ4n) is 1.38. The second kappa shape index (κ2) is 6.18. The molecule has 80 valence electrons. The van der Waals surface area contributed by atoms with Gasteiger partial charge in [0.1, 0.15) is 0 Å². The Labute approximate surface area is 90.6 Å². The zero-order valence-corrected chi connectivity index (χ0v) is 8.98. The Bertz CT molecular complexity index is 326. The van der Waals surface area contributed by atoms with Crippen LogP contribution in [0.2, 0.25) is 0 Å². The van der Waals surface area contributed by atoms with Gasteiger partial charge in [-0.15, -0.1) is 0 Å². The van der Waals surface area contributed by atoms with Crippen LogP contribution in [0.4, 0.5) is 0 Å². The summed E-state index contributed by atoms with van der Waals surface area (Å²) < 4.78 is 0. The Morgan fingerprint density at radius 2 is 1.87 bits per heavy atom. The fraction of sp³-hybridized carbons (Fsp3) is 0.417. The molecule has 1 aromatic carbocycles. The van der Waals surface area contributed by atoms with E-state index in [0.717, 1.165) is 18.7 Å². The van der Waals surface area contributed by atoms with Crippen LogP contribution in [0, 0.1) is 11.3 Å². The normalized spacial score (nSPS) is 10.3. The van der Waals surface area contributed by atoms with Gasteiger partial charge < -0.3 is 10.0 Å². The first-order valence-corrected chi connectivity index (χ1v) is 5.00. The van der Waals surface area contributed by atoms with Crippen molar-refractivity contribution in [3.8, 4) is 6.07 Å². The van der Waals surface area contributed by atoms with Crippen LogP contribution in [0.1, 0.15) is 17.5 Å². The van der Waals surface area contributed by atoms with E-state index in [1.165, 1.54) is 5.56 Å². The topological polar surface area (TPSA) is 47.3 Å². The van der Waals surface area contributed by atoms with Gasteiger partial charge in [0.05, 0.1) is 12.7 Å². The van der Waals surface area contributed by atoms with Crippen LogP contribution >= 0.6 is 0 Å². The van der Waals surface area contributed by atoms with E-state index in [4.69, 9.17) is 10.4 Å². The lowest BCUT2D eigenvalue weighted by atomic mass is 10.1. The Hall–Kier alpha value is -1.37. The predicted molar refractivity (Wildman–Crippen MR) is 58.9 cm³/mol. The van der Waals surface area contributed by atoms with Gasteiger partial charge in [-0.2, -0.15) is 5.26 Å². The summed E-state index contributed by atoms with van der Waals surface area (Å²) in [4.78, 5) is 2.11. The molecular weight excluding hydrogens is 188 g/mol. The average molecular weight is 204 g/mol. The summed E-state index contributed by atoms with van der Waals surface area (Å²) >= 11 is 0. The molecule has 0 radical (unpaired) electrons. The molecule has 0 bridgehead atoms. The van der Waals surface area contributed by atoms with E-state index in [2.05, 4.69) is 11.0 Å². The number of benzene rings is 1. The summed E-state index contributed by atoms with van der Waals surface area (Å²) in [7, 11) is 2.00. The first kappa shape index (κ1) is 11.7. The van der Waals surface area contributed by atoms with E-state index in [1.54, 1.807) is 0 Å². The quantitative estimate of drug-likeness (QED) is 0.791. The molecular formula is C12H16N2O. The minimum atomic E-state index is 0.0878. The van der Waals surface area contributed by atoms with E-state index in [9.17, 15) is 0 Å². The van der Waals surface area contributed by atoms with Crippen molar-refractivity contribution in [2.24, 2.45) is 0 Å². The molecule has 3 heteroatoms. The highest BCUT2D eigenvalue weighted by molar-refractivity contribution is 5.21. The maximum atomic E-state index is 8.88. The third kappa shape index (κ3) is 4.11. The highest BCUT2D eigenvalue weighted by Crippen LogP contribution is 2.06. The van der Waals surface area contributed by atoms with E-state index in [1.807, 2.05) is 31.3 Å². The van der Waals surface area contributed by atoms with Crippen LogP contribution in [0.5, 0.6) is 0 Å². The first-order valence-electron chi connectivity index (χ1n) is 5.00. The summed E-state index contributed by atoms with van der Waals surface area (Å²) in [5, 5.41) is 17.3. The van der Waals surface area contributed by atoms with Crippen molar-refractivity contribution in [2.45, 2.75) is 19.6 Å². The molecule has 0 saturated carbocycles. The molecule has 1 N–H and O–H groups in total. The Balaban J connectivity index is 2.46. The SMILES string of the molecule is CN(CCC#N)Cc1ccc(CO)cc1. The van der Waals surface area contributed by atoms with E-state index >= 15 is 0 Å². The van der Waals surface area contributed by atoms with E-state index in [0.29, 0.717) is 6.42 Å². The van der Waals surface area contributed by atoms with Crippen LogP contribution in [0.25, 0.3) is 0 Å². The third-order valence-corrected chi connectivity index (χ3v) is 2.26. The van der Waals surface area contributed by atoms with Crippen LogP contribution in [-0.4, -0.2) is 23.6 Å². The molecule has 0 aliphatic carbocycles. The van der Waals surface area contributed by atoms with Crippen LogP contribution < -0.4 is 0 Å². The lowest BCUT2D eigenvalue weighted by molar-refractivity contribution is 0.281. The van der Waals surface area contributed by atoms with Crippen molar-refractivity contribution >= 4 is 0 Å². The highest BCUT2D eigenvalue weighted by atomic mass is 16.3. The van der Waals surface area contributed by atoms with Gasteiger partial charge in [-0.3, -0.25) is 0 Å². The minimum absolute atomic E-state index is 0.0878. The summed E-state index contributed by atoms with van der Waals surface area (Å²) in [6.45, 7) is 1.72. The molecule has 3 nitrogen and oxygen atoms in total. The van der Waals surface area contributed by atoms with Gasteiger partial charge in [0.15, 0.2) is 0 Å². The zero-order valence-electron chi connectivity index (χ0n) is 8.98. The highest BCUT2D eigenvalue weighted by Gasteiger charge is 1.99. The van der Waals surface area contributed by atoms with Crippen molar-refractivity contribution in [1.29, 1.82) is 5.26 Å². The van der Waals surface area contributed by atoms with Crippen molar-refractivity contribution in [1.82, 2.24) is 4.90 Å². The fourth-order valence-corrected chi connectivity index (χ4v) is 1.38. The van der Waals surface area contributed by atoms with Crippen LogP contribution in [-0.2, 0) is 13.2 Å². The second-order valence-electron chi connectivity index (χ2n) is 3.62. The maximum absolute atomic E-state index is 8.88. The van der Waals surface area contributed by atoms with Crippen LogP contribution in [0.3, 0.4) is 0 Å². The molecule has 15 heavy (non-hydrogen) atoms. The smallest absolute Gasteiger partial charge is 0.0681 e. The molecule has 0 aromatic heterocycles. The minimum Gasteiger partial charge on any atom is -0.392 e. The molecule has 0 saturated heterocycles. The second-order valence-corrected chi connectivity index (χ2v) is 3.62. The first-order chi connectivity index (χ1) is 7.26. The summed E-state index contributed by atoms with van der Waals surface area (Å²) in [5.74, 6) is 0. The van der Waals surface area contributed by atoms with Gasteiger partial charge in [-0.1, -0.05) is 24.3 Å². The molecule has 0 aliphatic rings. The number of hydrogen-bond donors (Lipinski definition) is 1. The standard InChI is InChI=1S/C12H16N2O/c1-14(8-2-7-13)9-11-3-5-12(10-15)6-4-11/h3-6,15H,2,8-10H2,1H3. The Kier molecular flexibility index (Phi) is 4.82. The lowest BCUT2D eigenvalue weighted by Crippen LogP contribution is -2.18. The average Bonchev–Trinajstić information content (AvgIpc) is 2.27. The van der Waals surface area contributed by atoms with Crippen molar-refractivity contribution in [3.05, 3.63) is 35.4 Å². The third-order valence-electron chi connectivity index (χ3n) is 2.26. The van der Waals surface area contributed by atoms with E-state index < -0.39 is 0 Å². The molecule has 0 heterocycles. The van der Waals surface area contributed by atoms with Crippen molar-refractivity contribution in [2.75, 3.05) is 13.6 Å². The predicted octanol–water partition coefficient (Wildman–Crippen LogP) is 1.52. The summed E-state index contributed by atoms with van der Waals surface area (Å²) in [6, 6.07) is 9.99. The van der Waals surface area contributed by atoms with Gasteiger partial charge in [0, 0.05) is 19.5 Å². The molecule has 0 fully saturated rings. The molecule has 1 aromatic rings. The largest absolute Gasteiger partial charge is 0.392 e. The monoisotopic (exact) mass is 204 g/mol. The van der Waals surface area contributed by atoms with Gasteiger partial charge >= 0.3 is 0 Å². The lowest BCUT2D eigenvalue weighted by Gasteiger charge is -2.14. The molecule has 0 amide bonds.